The van der Waals surface area contributed by atoms with Crippen LogP contribution in [0.2, 0.25) is 0 Å². The Kier molecular flexibility index (Phi) is 10.8. The number of alkyl carbamates (subject to hydrolysis) is 2. The monoisotopic (exact) mass is 481 g/mol. The van der Waals surface area contributed by atoms with E-state index in [-0.39, 0.29) is 6.54 Å². The normalized spacial score (nSPS) is 13.1. The fourth-order valence-electron chi connectivity index (χ4n) is 2.44. The number of ether oxygens (including phenoxy) is 3. The molecule has 3 amide bonds. The van der Waals surface area contributed by atoms with Crippen molar-refractivity contribution in [1.29, 1.82) is 0 Å². The number of aliphatic hydroxyl groups is 1. The second-order valence-electron chi connectivity index (χ2n) is 9.41. The van der Waals surface area contributed by atoms with Crippen molar-refractivity contribution in [2.75, 3.05) is 13.2 Å². The number of hydrogen-bond acceptors (Lipinski definition) is 8. The van der Waals surface area contributed by atoms with Crippen molar-refractivity contribution >= 4 is 24.1 Å². The highest BCUT2D eigenvalue weighted by Gasteiger charge is 2.29. The molecule has 1 rings (SSSR count). The summed E-state index contributed by atoms with van der Waals surface area (Å²) in [4.78, 5) is 49.1. The molecule has 0 aliphatic heterocycles. The fraction of sp³-hybridized carbons (Fsp3) is 0.565. The molecule has 34 heavy (non-hydrogen) atoms. The van der Waals surface area contributed by atoms with Gasteiger partial charge in [0.1, 0.15) is 23.9 Å². The molecule has 1 aromatic rings. The highest BCUT2D eigenvalue weighted by Crippen LogP contribution is 2.08. The molecular formula is C23H35N3O8. The lowest BCUT2D eigenvalue weighted by atomic mass is 10.2. The molecule has 11 heteroatoms. The minimum Gasteiger partial charge on any atom is -0.461 e. The van der Waals surface area contributed by atoms with E-state index in [1.165, 1.54) is 0 Å². The molecule has 0 aliphatic carbocycles. The van der Waals surface area contributed by atoms with Gasteiger partial charge in [0.2, 0.25) is 5.91 Å². The fourth-order valence-corrected chi connectivity index (χ4v) is 2.44. The SMILES string of the molecule is CC(C)(C)OC(=O)N[C@H](COC(=O)[C@@H](CO)NC(=O)OC(C)(C)C)C(=O)NCc1ccccc1. The lowest BCUT2D eigenvalue weighted by Crippen LogP contribution is -2.52. The molecule has 0 aromatic heterocycles. The van der Waals surface area contributed by atoms with E-state index in [9.17, 15) is 24.3 Å². The van der Waals surface area contributed by atoms with E-state index in [0.717, 1.165) is 5.56 Å². The topological polar surface area (TPSA) is 152 Å². The van der Waals surface area contributed by atoms with E-state index in [1.54, 1.807) is 41.5 Å². The van der Waals surface area contributed by atoms with Crippen LogP contribution in [0.1, 0.15) is 47.1 Å². The van der Waals surface area contributed by atoms with Crippen LogP contribution in [0.5, 0.6) is 0 Å². The van der Waals surface area contributed by atoms with E-state index in [4.69, 9.17) is 14.2 Å². The third-order valence-electron chi connectivity index (χ3n) is 3.87. The van der Waals surface area contributed by atoms with Crippen molar-refractivity contribution in [1.82, 2.24) is 16.0 Å². The highest BCUT2D eigenvalue weighted by atomic mass is 16.6. The maximum atomic E-state index is 12.7. The van der Waals surface area contributed by atoms with Gasteiger partial charge in [-0.15, -0.1) is 0 Å². The summed E-state index contributed by atoms with van der Waals surface area (Å²) in [5.41, 5.74) is -0.802. The largest absolute Gasteiger partial charge is 0.461 e. The highest BCUT2D eigenvalue weighted by molar-refractivity contribution is 5.86. The van der Waals surface area contributed by atoms with Gasteiger partial charge in [0, 0.05) is 6.54 Å². The van der Waals surface area contributed by atoms with E-state index in [0.29, 0.717) is 0 Å². The summed E-state index contributed by atoms with van der Waals surface area (Å²) in [6, 6.07) is 6.36. The number of hydrogen-bond donors (Lipinski definition) is 4. The van der Waals surface area contributed by atoms with E-state index in [2.05, 4.69) is 16.0 Å². The molecule has 0 aliphatic rings. The van der Waals surface area contributed by atoms with Gasteiger partial charge in [-0.2, -0.15) is 0 Å². The summed E-state index contributed by atoms with van der Waals surface area (Å²) >= 11 is 0. The molecule has 0 saturated heterocycles. The van der Waals surface area contributed by atoms with Crippen molar-refractivity contribution in [2.45, 2.75) is 71.4 Å². The van der Waals surface area contributed by atoms with Crippen molar-refractivity contribution in [2.24, 2.45) is 0 Å². The van der Waals surface area contributed by atoms with Crippen LogP contribution < -0.4 is 16.0 Å². The molecule has 4 N–H and O–H groups in total. The second-order valence-corrected chi connectivity index (χ2v) is 9.41. The number of carbonyl (C=O) groups excluding carboxylic acids is 4. The van der Waals surface area contributed by atoms with Crippen LogP contribution in [0.4, 0.5) is 9.59 Å². The minimum atomic E-state index is -1.43. The Morgan fingerprint density at radius 1 is 0.853 bits per heavy atom. The zero-order valence-corrected chi connectivity index (χ0v) is 20.5. The molecule has 0 radical (unpaired) electrons. The van der Waals surface area contributed by atoms with Crippen molar-refractivity contribution < 1.29 is 38.5 Å². The van der Waals surface area contributed by atoms with E-state index < -0.39 is 60.6 Å². The molecule has 1 aromatic carbocycles. The molecule has 0 saturated carbocycles. The molecule has 0 fully saturated rings. The summed E-state index contributed by atoms with van der Waals surface area (Å²) in [5, 5.41) is 16.7. The molecule has 0 spiro atoms. The maximum absolute atomic E-state index is 12.7. The van der Waals surface area contributed by atoms with Gasteiger partial charge in [-0.05, 0) is 47.1 Å². The van der Waals surface area contributed by atoms with Crippen LogP contribution in [0.15, 0.2) is 30.3 Å². The smallest absolute Gasteiger partial charge is 0.408 e. The van der Waals surface area contributed by atoms with Crippen LogP contribution in [-0.2, 0) is 30.3 Å². The summed E-state index contributed by atoms with van der Waals surface area (Å²) < 4.78 is 15.3. The zero-order chi connectivity index (χ0) is 25.9. The van der Waals surface area contributed by atoms with Crippen molar-refractivity contribution in [3.63, 3.8) is 0 Å². The number of rotatable bonds is 9. The third-order valence-corrected chi connectivity index (χ3v) is 3.87. The first-order valence-corrected chi connectivity index (χ1v) is 10.8. The predicted molar refractivity (Wildman–Crippen MR) is 123 cm³/mol. The van der Waals surface area contributed by atoms with Gasteiger partial charge in [0.05, 0.1) is 6.61 Å². The molecule has 0 bridgehead atoms. The van der Waals surface area contributed by atoms with Gasteiger partial charge in [-0.1, -0.05) is 30.3 Å². The van der Waals surface area contributed by atoms with Gasteiger partial charge < -0.3 is 35.3 Å². The quantitative estimate of drug-likeness (QED) is 0.307. The first-order chi connectivity index (χ1) is 15.7. The minimum absolute atomic E-state index is 0.180. The Morgan fingerprint density at radius 3 is 1.82 bits per heavy atom. The number of nitrogens with one attached hydrogen (secondary N) is 3. The van der Waals surface area contributed by atoms with E-state index in [1.807, 2.05) is 30.3 Å². The molecule has 190 valence electrons. The molecule has 0 unspecified atom stereocenters. The van der Waals surface area contributed by atoms with Gasteiger partial charge in [-0.25, -0.2) is 14.4 Å². The van der Waals surface area contributed by atoms with Crippen LogP contribution in [0.3, 0.4) is 0 Å². The summed E-state index contributed by atoms with van der Waals surface area (Å²) in [5.74, 6) is -1.64. The van der Waals surface area contributed by atoms with Gasteiger partial charge in [-0.3, -0.25) is 4.79 Å². The Bertz CT molecular complexity index is 831. The Hall–Kier alpha value is -3.34. The van der Waals surface area contributed by atoms with E-state index >= 15 is 0 Å². The number of aliphatic hydroxyl groups excluding tert-OH is 1. The van der Waals surface area contributed by atoms with Gasteiger partial charge in [0.15, 0.2) is 6.04 Å². The van der Waals surface area contributed by atoms with Gasteiger partial charge >= 0.3 is 18.2 Å². The summed E-state index contributed by atoms with van der Waals surface area (Å²) in [6.07, 6.45) is -1.80. The Labute approximate surface area is 199 Å². The predicted octanol–water partition coefficient (Wildman–Crippen LogP) is 1.62. The zero-order valence-electron chi connectivity index (χ0n) is 20.5. The van der Waals surface area contributed by atoms with Crippen molar-refractivity contribution in [3.8, 4) is 0 Å². The number of amides is 3. The molecule has 2 atom stereocenters. The maximum Gasteiger partial charge on any atom is 0.408 e. The Morgan fingerprint density at radius 2 is 1.35 bits per heavy atom. The average Bonchev–Trinajstić information content (AvgIpc) is 2.71. The molecule has 0 heterocycles. The number of carbonyl (C=O) groups is 4. The average molecular weight is 482 g/mol. The third kappa shape index (κ3) is 12.0. The Balaban J connectivity index is 2.80. The van der Waals surface area contributed by atoms with Crippen LogP contribution >= 0.6 is 0 Å². The first-order valence-electron chi connectivity index (χ1n) is 10.8. The van der Waals surface area contributed by atoms with Crippen molar-refractivity contribution in [3.05, 3.63) is 35.9 Å². The van der Waals surface area contributed by atoms with Crippen LogP contribution in [-0.4, -0.2) is 65.7 Å². The number of benzene rings is 1. The number of esters is 1. The lowest BCUT2D eigenvalue weighted by molar-refractivity contribution is -0.148. The molecule has 11 nitrogen and oxygen atoms in total. The standard InChI is InChI=1S/C23H35N3O8/c1-22(2,3)33-20(30)25-16(13-27)19(29)32-14-17(26-21(31)34-23(4,5)6)18(28)24-12-15-10-8-7-9-11-15/h7-11,16-17,27H,12-14H2,1-6H3,(H,24,28)(H,25,30)(H,26,31)/t16-,17-/m1/s1. The van der Waals surface area contributed by atoms with Crippen LogP contribution in [0.25, 0.3) is 0 Å². The second kappa shape index (κ2) is 12.8. The van der Waals surface area contributed by atoms with Crippen LogP contribution in [0, 0.1) is 0 Å². The summed E-state index contributed by atoms with van der Waals surface area (Å²) in [7, 11) is 0. The first kappa shape index (κ1) is 28.7. The molecular weight excluding hydrogens is 446 g/mol. The summed E-state index contributed by atoms with van der Waals surface area (Å²) in [6.45, 7) is 8.74. The van der Waals surface area contributed by atoms with Gasteiger partial charge in [0.25, 0.3) is 0 Å². The lowest BCUT2D eigenvalue weighted by Gasteiger charge is -2.24.